The summed E-state index contributed by atoms with van der Waals surface area (Å²) in [5.41, 5.74) is 0.486. The number of aliphatic hydroxyl groups is 1. The van der Waals surface area contributed by atoms with Gasteiger partial charge >= 0.3 is 0 Å². The molecule has 6 heteroatoms. The summed E-state index contributed by atoms with van der Waals surface area (Å²) in [5, 5.41) is 12.2. The Hall–Kier alpha value is -1.17. The predicted octanol–water partition coefficient (Wildman–Crippen LogP) is 2.26. The molecule has 0 unspecified atom stereocenters. The largest absolute Gasteiger partial charge is 0.392 e. The average Bonchev–Trinajstić information content (AvgIpc) is 2.41. The number of aliphatic hydroxyl groups excluding tert-OH is 1. The number of anilines is 1. The van der Waals surface area contributed by atoms with Crippen LogP contribution in [0.5, 0.6) is 0 Å². The minimum absolute atomic E-state index is 0.0121. The van der Waals surface area contributed by atoms with Crippen LogP contribution in [0.3, 0.4) is 0 Å². The number of β-amino-alcohol motifs (C(OH)–C–C–N with tert-alkyl or cyclic N) is 1. The third-order valence-corrected chi connectivity index (χ3v) is 3.63. The lowest BCUT2D eigenvalue weighted by Crippen LogP contribution is -2.39. The van der Waals surface area contributed by atoms with E-state index in [1.54, 1.807) is 0 Å². The maximum atomic E-state index is 13.0. The molecule has 0 aromatic heterocycles. The summed E-state index contributed by atoms with van der Waals surface area (Å²) in [6.45, 7) is 2.14. The van der Waals surface area contributed by atoms with E-state index in [-0.39, 0.29) is 17.0 Å². The van der Waals surface area contributed by atoms with Gasteiger partial charge in [0.15, 0.2) is 0 Å². The van der Waals surface area contributed by atoms with Gasteiger partial charge in [-0.15, -0.1) is 0 Å². The number of nitrogens with zero attached hydrogens (tertiary/aromatic N) is 1. The number of piperidine rings is 1. The average molecular weight is 301 g/mol. The van der Waals surface area contributed by atoms with E-state index in [4.69, 9.17) is 11.6 Å². The van der Waals surface area contributed by atoms with Crippen molar-refractivity contribution in [3.8, 4) is 0 Å². The van der Waals surface area contributed by atoms with Crippen LogP contribution in [-0.4, -0.2) is 41.7 Å². The van der Waals surface area contributed by atoms with Gasteiger partial charge < -0.3 is 15.3 Å². The van der Waals surface area contributed by atoms with Crippen LogP contribution in [0, 0.1) is 5.82 Å². The number of hydrogen-bond donors (Lipinski definition) is 2. The molecule has 1 aliphatic rings. The number of hydrogen-bond acceptors (Lipinski definition) is 3. The zero-order valence-corrected chi connectivity index (χ0v) is 11.9. The van der Waals surface area contributed by atoms with Crippen molar-refractivity contribution in [3.63, 3.8) is 0 Å². The van der Waals surface area contributed by atoms with Gasteiger partial charge in [0, 0.05) is 25.2 Å². The van der Waals surface area contributed by atoms with E-state index in [1.165, 1.54) is 18.2 Å². The summed E-state index contributed by atoms with van der Waals surface area (Å²) in [7, 11) is 0. The summed E-state index contributed by atoms with van der Waals surface area (Å²) in [4.78, 5) is 13.9. The number of likely N-dealkylation sites (tertiary alicyclic amines) is 1. The maximum absolute atomic E-state index is 13.0. The van der Waals surface area contributed by atoms with Crippen molar-refractivity contribution in [1.82, 2.24) is 4.90 Å². The highest BCUT2D eigenvalue weighted by atomic mass is 35.5. The Morgan fingerprint density at radius 1 is 1.55 bits per heavy atom. The SMILES string of the molecule is O=C(CCN1CCC[C@H](O)C1)Nc1ccc(F)c(Cl)c1. The molecule has 1 heterocycles. The second-order valence-electron chi connectivity index (χ2n) is 5.02. The lowest BCUT2D eigenvalue weighted by molar-refractivity contribution is -0.116. The van der Waals surface area contributed by atoms with E-state index >= 15 is 0 Å². The zero-order valence-electron chi connectivity index (χ0n) is 11.1. The lowest BCUT2D eigenvalue weighted by Gasteiger charge is -2.29. The first-order chi connectivity index (χ1) is 9.54. The van der Waals surface area contributed by atoms with E-state index in [2.05, 4.69) is 10.2 Å². The van der Waals surface area contributed by atoms with Crippen molar-refractivity contribution in [2.75, 3.05) is 25.0 Å². The highest BCUT2D eigenvalue weighted by molar-refractivity contribution is 6.31. The van der Waals surface area contributed by atoms with Gasteiger partial charge in [-0.2, -0.15) is 0 Å². The number of benzene rings is 1. The van der Waals surface area contributed by atoms with E-state index in [0.717, 1.165) is 19.4 Å². The third kappa shape index (κ3) is 4.44. The molecule has 1 saturated heterocycles. The molecule has 2 N–H and O–H groups in total. The Morgan fingerprint density at radius 3 is 3.05 bits per heavy atom. The Labute approximate surface area is 122 Å². The van der Waals surface area contributed by atoms with E-state index in [9.17, 15) is 14.3 Å². The van der Waals surface area contributed by atoms with Crippen molar-refractivity contribution in [2.24, 2.45) is 0 Å². The van der Waals surface area contributed by atoms with E-state index in [0.29, 0.717) is 25.2 Å². The van der Waals surface area contributed by atoms with Crippen LogP contribution in [0.25, 0.3) is 0 Å². The molecular weight excluding hydrogens is 283 g/mol. The number of nitrogens with one attached hydrogen (secondary N) is 1. The Morgan fingerprint density at radius 2 is 2.35 bits per heavy atom. The highest BCUT2D eigenvalue weighted by Crippen LogP contribution is 2.19. The van der Waals surface area contributed by atoms with Gasteiger partial charge in [0.05, 0.1) is 11.1 Å². The summed E-state index contributed by atoms with van der Waals surface area (Å²) in [6.07, 6.45) is 1.83. The number of carbonyl (C=O) groups excluding carboxylic acids is 1. The first-order valence-electron chi connectivity index (χ1n) is 6.70. The molecule has 0 bridgehead atoms. The van der Waals surface area contributed by atoms with Gasteiger partial charge in [0.1, 0.15) is 5.82 Å². The fraction of sp³-hybridized carbons (Fsp3) is 0.500. The second-order valence-corrected chi connectivity index (χ2v) is 5.43. The van der Waals surface area contributed by atoms with Crippen LogP contribution in [0.15, 0.2) is 18.2 Å². The standard InChI is InChI=1S/C14H18ClFN2O2/c15-12-8-10(3-4-13(12)16)17-14(20)5-7-18-6-1-2-11(19)9-18/h3-4,8,11,19H,1-2,5-7,9H2,(H,17,20)/t11-/m0/s1. The molecule has 1 aromatic rings. The van der Waals surface area contributed by atoms with Crippen LogP contribution < -0.4 is 5.32 Å². The molecule has 1 fully saturated rings. The van der Waals surface area contributed by atoms with Crippen LogP contribution in [-0.2, 0) is 4.79 Å². The molecule has 1 aromatic carbocycles. The number of halogens is 2. The molecule has 110 valence electrons. The minimum Gasteiger partial charge on any atom is -0.392 e. The fourth-order valence-corrected chi connectivity index (χ4v) is 2.47. The zero-order chi connectivity index (χ0) is 14.5. The monoisotopic (exact) mass is 300 g/mol. The predicted molar refractivity (Wildman–Crippen MR) is 76.3 cm³/mol. The molecule has 0 aliphatic carbocycles. The van der Waals surface area contributed by atoms with Gasteiger partial charge in [-0.1, -0.05) is 11.6 Å². The molecule has 0 radical (unpaired) electrons. The quantitative estimate of drug-likeness (QED) is 0.897. The fourth-order valence-electron chi connectivity index (χ4n) is 2.29. The Kier molecular flexibility index (Phi) is 5.34. The van der Waals surface area contributed by atoms with Gasteiger partial charge in [0.25, 0.3) is 0 Å². The van der Waals surface area contributed by atoms with Crippen molar-refractivity contribution in [2.45, 2.75) is 25.4 Å². The number of carbonyl (C=O) groups is 1. The lowest BCUT2D eigenvalue weighted by atomic mass is 10.1. The summed E-state index contributed by atoms with van der Waals surface area (Å²) in [5.74, 6) is -0.653. The number of amides is 1. The van der Waals surface area contributed by atoms with Gasteiger partial charge in [-0.05, 0) is 37.6 Å². The molecule has 20 heavy (non-hydrogen) atoms. The Balaban J connectivity index is 1.78. The van der Waals surface area contributed by atoms with E-state index < -0.39 is 5.82 Å². The molecule has 1 atom stereocenters. The molecule has 0 spiro atoms. The van der Waals surface area contributed by atoms with Gasteiger partial charge in [-0.25, -0.2) is 4.39 Å². The second kappa shape index (κ2) is 7.02. The smallest absolute Gasteiger partial charge is 0.225 e. The maximum Gasteiger partial charge on any atom is 0.225 e. The molecule has 1 amide bonds. The molecule has 0 saturated carbocycles. The molecule has 1 aliphatic heterocycles. The van der Waals surface area contributed by atoms with Crippen molar-refractivity contribution >= 4 is 23.2 Å². The summed E-state index contributed by atoms with van der Waals surface area (Å²) < 4.78 is 13.0. The molecule has 2 rings (SSSR count). The normalized spacial score (nSPS) is 19.9. The highest BCUT2D eigenvalue weighted by Gasteiger charge is 2.18. The van der Waals surface area contributed by atoms with Crippen molar-refractivity contribution in [1.29, 1.82) is 0 Å². The topological polar surface area (TPSA) is 52.6 Å². The van der Waals surface area contributed by atoms with E-state index in [1.807, 2.05) is 0 Å². The summed E-state index contributed by atoms with van der Waals surface area (Å²) in [6, 6.07) is 4.09. The van der Waals surface area contributed by atoms with Crippen LogP contribution in [0.1, 0.15) is 19.3 Å². The summed E-state index contributed by atoms with van der Waals surface area (Å²) >= 11 is 5.65. The van der Waals surface area contributed by atoms with Crippen molar-refractivity contribution < 1.29 is 14.3 Å². The van der Waals surface area contributed by atoms with Crippen LogP contribution in [0.4, 0.5) is 10.1 Å². The number of rotatable bonds is 4. The van der Waals surface area contributed by atoms with Gasteiger partial charge in [-0.3, -0.25) is 4.79 Å². The first kappa shape index (κ1) is 15.2. The third-order valence-electron chi connectivity index (χ3n) is 3.34. The van der Waals surface area contributed by atoms with Crippen LogP contribution in [0.2, 0.25) is 5.02 Å². The minimum atomic E-state index is -0.507. The van der Waals surface area contributed by atoms with Crippen molar-refractivity contribution in [3.05, 3.63) is 29.0 Å². The first-order valence-corrected chi connectivity index (χ1v) is 7.08. The van der Waals surface area contributed by atoms with Crippen LogP contribution >= 0.6 is 11.6 Å². The molecule has 4 nitrogen and oxygen atoms in total. The Bertz CT molecular complexity index is 484. The molecular formula is C14H18ClFN2O2. The van der Waals surface area contributed by atoms with Gasteiger partial charge in [0.2, 0.25) is 5.91 Å².